The van der Waals surface area contributed by atoms with Crippen LogP contribution in [0.3, 0.4) is 0 Å². The summed E-state index contributed by atoms with van der Waals surface area (Å²) in [6, 6.07) is 0. The van der Waals surface area contributed by atoms with Crippen LogP contribution < -0.4 is 0 Å². The van der Waals surface area contributed by atoms with Crippen molar-refractivity contribution in [3.63, 3.8) is 0 Å². The molecule has 0 aromatic rings. The second-order valence-electron chi connectivity index (χ2n) is 2.54. The molecular formula is C9H9Cl. The second-order valence-corrected chi connectivity index (χ2v) is 3.35. The fourth-order valence-electron chi connectivity index (χ4n) is 0.929. The molecule has 0 aromatic heterocycles. The number of terminal acetylenes is 1. The van der Waals surface area contributed by atoms with E-state index in [0.717, 1.165) is 0 Å². The highest BCUT2D eigenvalue weighted by Crippen LogP contribution is 2.29. The Labute approximate surface area is 66.6 Å². The molecule has 0 saturated carbocycles. The molecule has 2 unspecified atom stereocenters. The molecule has 1 aliphatic carbocycles. The summed E-state index contributed by atoms with van der Waals surface area (Å²) in [6.07, 6.45) is 13.0. The zero-order chi connectivity index (χ0) is 7.61. The fourth-order valence-corrected chi connectivity index (χ4v) is 1.14. The smallest absolute Gasteiger partial charge is 0.0773 e. The summed E-state index contributed by atoms with van der Waals surface area (Å²) >= 11 is 6.06. The van der Waals surface area contributed by atoms with E-state index in [1.807, 2.05) is 31.2 Å². The lowest BCUT2D eigenvalue weighted by Gasteiger charge is -2.24. The van der Waals surface area contributed by atoms with E-state index in [0.29, 0.717) is 0 Å². The Morgan fingerprint density at radius 2 is 2.30 bits per heavy atom. The van der Waals surface area contributed by atoms with Crippen LogP contribution in [0.4, 0.5) is 0 Å². The molecule has 10 heavy (non-hydrogen) atoms. The Morgan fingerprint density at radius 3 is 2.70 bits per heavy atom. The summed E-state index contributed by atoms with van der Waals surface area (Å²) in [5.74, 6) is 2.65. The minimum absolute atomic E-state index is 0.0270. The van der Waals surface area contributed by atoms with Crippen molar-refractivity contribution < 1.29 is 0 Å². The van der Waals surface area contributed by atoms with Crippen molar-refractivity contribution in [3.05, 3.63) is 24.3 Å². The lowest BCUT2D eigenvalue weighted by atomic mass is 9.90. The number of alkyl halides is 1. The van der Waals surface area contributed by atoms with Crippen molar-refractivity contribution in [2.75, 3.05) is 0 Å². The molecular weight excluding hydrogens is 144 g/mol. The van der Waals surface area contributed by atoms with Crippen LogP contribution in [0, 0.1) is 18.3 Å². The maximum absolute atomic E-state index is 6.06. The summed E-state index contributed by atoms with van der Waals surface area (Å²) in [6.45, 7) is 1.92. The lowest BCUT2D eigenvalue weighted by molar-refractivity contribution is 0.665. The molecule has 0 N–H and O–H groups in total. The molecule has 52 valence electrons. The first-order chi connectivity index (χ1) is 4.67. The van der Waals surface area contributed by atoms with Gasteiger partial charge in [0.05, 0.1) is 10.8 Å². The average molecular weight is 153 g/mol. The highest BCUT2D eigenvalue weighted by Gasteiger charge is 2.26. The van der Waals surface area contributed by atoms with Crippen LogP contribution in [-0.4, -0.2) is 4.87 Å². The summed E-state index contributed by atoms with van der Waals surface area (Å²) in [5, 5.41) is 0. The molecule has 0 heterocycles. The lowest BCUT2D eigenvalue weighted by Crippen LogP contribution is -2.24. The van der Waals surface area contributed by atoms with Gasteiger partial charge in [-0.2, -0.15) is 0 Å². The topological polar surface area (TPSA) is 0 Å². The molecule has 1 rings (SSSR count). The van der Waals surface area contributed by atoms with Gasteiger partial charge in [0.1, 0.15) is 0 Å². The van der Waals surface area contributed by atoms with E-state index in [4.69, 9.17) is 18.0 Å². The third-order valence-electron chi connectivity index (χ3n) is 1.62. The quantitative estimate of drug-likeness (QED) is 0.369. The van der Waals surface area contributed by atoms with Crippen LogP contribution in [0.25, 0.3) is 0 Å². The third-order valence-corrected chi connectivity index (χ3v) is 1.99. The van der Waals surface area contributed by atoms with Gasteiger partial charge >= 0.3 is 0 Å². The number of allylic oxidation sites excluding steroid dienone is 4. The van der Waals surface area contributed by atoms with Crippen molar-refractivity contribution in [1.29, 1.82) is 0 Å². The van der Waals surface area contributed by atoms with E-state index < -0.39 is 0 Å². The van der Waals surface area contributed by atoms with Crippen LogP contribution in [0.5, 0.6) is 0 Å². The maximum Gasteiger partial charge on any atom is 0.0773 e. The summed E-state index contributed by atoms with van der Waals surface area (Å²) in [7, 11) is 0. The van der Waals surface area contributed by atoms with Gasteiger partial charge < -0.3 is 0 Å². The van der Waals surface area contributed by atoms with Gasteiger partial charge in [0.25, 0.3) is 0 Å². The van der Waals surface area contributed by atoms with Gasteiger partial charge in [-0.25, -0.2) is 0 Å². The van der Waals surface area contributed by atoms with Crippen molar-refractivity contribution in [2.24, 2.45) is 5.92 Å². The number of hydrogen-bond acceptors (Lipinski definition) is 0. The zero-order valence-corrected chi connectivity index (χ0v) is 6.60. The van der Waals surface area contributed by atoms with Gasteiger partial charge in [0.2, 0.25) is 0 Å². The SMILES string of the molecule is C#CC1C=CC=CC1(C)Cl. The Balaban J connectivity index is 2.87. The van der Waals surface area contributed by atoms with Crippen LogP contribution in [0.15, 0.2) is 24.3 Å². The molecule has 0 saturated heterocycles. The molecule has 1 heteroatoms. The van der Waals surface area contributed by atoms with Crippen LogP contribution in [0.1, 0.15) is 6.92 Å². The first-order valence-corrected chi connectivity index (χ1v) is 3.55. The predicted molar refractivity (Wildman–Crippen MR) is 44.9 cm³/mol. The Hall–Kier alpha value is -0.670. The van der Waals surface area contributed by atoms with Crippen molar-refractivity contribution in [1.82, 2.24) is 0 Å². The van der Waals surface area contributed by atoms with Gasteiger partial charge in [-0.1, -0.05) is 30.2 Å². The normalized spacial score (nSPS) is 37.5. The van der Waals surface area contributed by atoms with E-state index in [-0.39, 0.29) is 10.8 Å². The average Bonchev–Trinajstić information content (AvgIpc) is 1.87. The van der Waals surface area contributed by atoms with Gasteiger partial charge in [0, 0.05) is 0 Å². The summed E-state index contributed by atoms with van der Waals surface area (Å²) in [5.41, 5.74) is 0. The van der Waals surface area contributed by atoms with Crippen LogP contribution in [0.2, 0.25) is 0 Å². The van der Waals surface area contributed by atoms with E-state index >= 15 is 0 Å². The molecule has 0 aromatic carbocycles. The zero-order valence-electron chi connectivity index (χ0n) is 5.84. The molecule has 0 spiro atoms. The predicted octanol–water partition coefficient (Wildman–Crippen LogP) is 2.36. The molecule has 0 bridgehead atoms. The highest BCUT2D eigenvalue weighted by atomic mass is 35.5. The number of halogens is 1. The van der Waals surface area contributed by atoms with Crippen LogP contribution >= 0.6 is 11.6 Å². The molecule has 1 aliphatic rings. The second kappa shape index (κ2) is 2.52. The van der Waals surface area contributed by atoms with Crippen molar-refractivity contribution in [2.45, 2.75) is 11.8 Å². The number of hydrogen-bond donors (Lipinski definition) is 0. The first-order valence-electron chi connectivity index (χ1n) is 3.18. The molecule has 0 fully saturated rings. The third kappa shape index (κ3) is 1.25. The largest absolute Gasteiger partial charge is 0.119 e. The van der Waals surface area contributed by atoms with Gasteiger partial charge in [-0.05, 0) is 6.92 Å². The van der Waals surface area contributed by atoms with Gasteiger partial charge in [-0.3, -0.25) is 0 Å². The first kappa shape index (κ1) is 7.44. The Morgan fingerprint density at radius 1 is 1.60 bits per heavy atom. The molecule has 0 amide bonds. The van der Waals surface area contributed by atoms with Crippen molar-refractivity contribution >= 4 is 11.6 Å². The van der Waals surface area contributed by atoms with Crippen LogP contribution in [-0.2, 0) is 0 Å². The minimum Gasteiger partial charge on any atom is -0.119 e. The van der Waals surface area contributed by atoms with E-state index in [1.165, 1.54) is 0 Å². The fraction of sp³-hybridized carbons (Fsp3) is 0.333. The molecule has 0 nitrogen and oxygen atoms in total. The number of rotatable bonds is 0. The van der Waals surface area contributed by atoms with E-state index in [2.05, 4.69) is 5.92 Å². The maximum atomic E-state index is 6.06. The Kier molecular flexibility index (Phi) is 1.87. The van der Waals surface area contributed by atoms with Crippen molar-refractivity contribution in [3.8, 4) is 12.3 Å². The van der Waals surface area contributed by atoms with E-state index in [1.54, 1.807) is 0 Å². The minimum atomic E-state index is -0.385. The molecule has 2 atom stereocenters. The molecule has 0 aliphatic heterocycles. The summed E-state index contributed by atoms with van der Waals surface area (Å²) in [4.78, 5) is -0.385. The standard InChI is InChI=1S/C9H9Cl/c1-3-8-6-4-5-7-9(8,2)10/h1,4-8H,2H3. The van der Waals surface area contributed by atoms with E-state index in [9.17, 15) is 0 Å². The molecule has 0 radical (unpaired) electrons. The summed E-state index contributed by atoms with van der Waals surface area (Å²) < 4.78 is 0. The Bertz CT molecular complexity index is 215. The van der Waals surface area contributed by atoms with Gasteiger partial charge in [0.15, 0.2) is 0 Å². The van der Waals surface area contributed by atoms with Gasteiger partial charge in [-0.15, -0.1) is 18.0 Å². The highest BCUT2D eigenvalue weighted by molar-refractivity contribution is 6.25. The monoisotopic (exact) mass is 152 g/mol.